The highest BCUT2D eigenvalue weighted by molar-refractivity contribution is 7.14. The number of carbonyl (C=O) groups is 3. The van der Waals surface area contributed by atoms with Gasteiger partial charge in [-0.2, -0.15) is 0 Å². The second-order valence-corrected chi connectivity index (χ2v) is 7.02. The van der Waals surface area contributed by atoms with Crippen molar-refractivity contribution in [2.24, 2.45) is 0 Å². The number of fused-ring (bicyclic) bond motifs is 1. The Morgan fingerprint density at radius 2 is 1.46 bits per heavy atom. The van der Waals surface area contributed by atoms with Gasteiger partial charge in [0.25, 0.3) is 0 Å². The van der Waals surface area contributed by atoms with E-state index in [4.69, 9.17) is 4.74 Å². The number of hydrogen-bond donors (Lipinski definition) is 0. The third-order valence-electron chi connectivity index (χ3n) is 4.16. The van der Waals surface area contributed by atoms with Crippen molar-refractivity contribution in [2.75, 3.05) is 14.2 Å². The Morgan fingerprint density at radius 3 is 2.04 bits per heavy atom. The monoisotopic (exact) mass is 374 g/mol. The molecular formula is C19H18O6S. The predicted molar refractivity (Wildman–Crippen MR) is 95.0 cm³/mol. The standard InChI is InChI=1S/C19H18O6S/c1-23-17(20)12-7-13(18(21)24-2)9-14(8-12)25-19(22)16-10-11-5-3-4-6-15(11)26-16/h7-10H,3-6H2,1-2H3. The summed E-state index contributed by atoms with van der Waals surface area (Å²) in [5, 5.41) is 0. The number of benzene rings is 1. The number of hydrogen-bond acceptors (Lipinski definition) is 7. The number of carbonyl (C=O) groups excluding carboxylic acids is 3. The largest absolute Gasteiger partial charge is 0.465 e. The Morgan fingerprint density at radius 1 is 0.846 bits per heavy atom. The minimum absolute atomic E-state index is 0.0877. The minimum Gasteiger partial charge on any atom is -0.465 e. The number of ether oxygens (including phenoxy) is 3. The lowest BCUT2D eigenvalue weighted by Crippen LogP contribution is -2.10. The zero-order chi connectivity index (χ0) is 18.7. The molecule has 1 aromatic carbocycles. The van der Waals surface area contributed by atoms with Gasteiger partial charge >= 0.3 is 17.9 Å². The highest BCUT2D eigenvalue weighted by Gasteiger charge is 2.20. The van der Waals surface area contributed by atoms with Crippen molar-refractivity contribution in [1.29, 1.82) is 0 Å². The highest BCUT2D eigenvalue weighted by atomic mass is 32.1. The van der Waals surface area contributed by atoms with E-state index >= 15 is 0 Å². The van der Waals surface area contributed by atoms with Crippen LogP contribution in [0.4, 0.5) is 0 Å². The molecule has 0 bridgehead atoms. The van der Waals surface area contributed by atoms with Gasteiger partial charge in [-0.15, -0.1) is 11.3 Å². The Labute approximate surface area is 154 Å². The molecule has 7 heteroatoms. The van der Waals surface area contributed by atoms with Crippen LogP contribution in [0.2, 0.25) is 0 Å². The van der Waals surface area contributed by atoms with E-state index in [1.165, 1.54) is 54.2 Å². The summed E-state index contributed by atoms with van der Waals surface area (Å²) in [4.78, 5) is 37.8. The summed E-state index contributed by atoms with van der Waals surface area (Å²) in [6.07, 6.45) is 4.22. The summed E-state index contributed by atoms with van der Waals surface area (Å²) < 4.78 is 14.8. The molecule has 0 saturated heterocycles. The smallest absolute Gasteiger partial charge is 0.353 e. The first-order valence-electron chi connectivity index (χ1n) is 8.17. The van der Waals surface area contributed by atoms with Gasteiger partial charge in [0, 0.05) is 4.88 Å². The maximum absolute atomic E-state index is 12.5. The van der Waals surface area contributed by atoms with Gasteiger partial charge in [0.05, 0.1) is 25.3 Å². The average Bonchev–Trinajstić information content (AvgIpc) is 3.10. The van der Waals surface area contributed by atoms with Crippen molar-refractivity contribution in [3.05, 3.63) is 50.7 Å². The maximum atomic E-state index is 12.5. The molecule has 26 heavy (non-hydrogen) atoms. The van der Waals surface area contributed by atoms with Gasteiger partial charge in [-0.1, -0.05) is 0 Å². The molecule has 6 nitrogen and oxygen atoms in total. The van der Waals surface area contributed by atoms with Crippen LogP contribution >= 0.6 is 11.3 Å². The fourth-order valence-corrected chi connectivity index (χ4v) is 4.01. The maximum Gasteiger partial charge on any atom is 0.353 e. The zero-order valence-electron chi connectivity index (χ0n) is 14.5. The van der Waals surface area contributed by atoms with Gasteiger partial charge in [-0.05, 0) is 55.5 Å². The molecule has 0 N–H and O–H groups in total. The van der Waals surface area contributed by atoms with Gasteiger partial charge in [0.1, 0.15) is 10.6 Å². The number of thiophene rings is 1. The first-order chi connectivity index (χ1) is 12.5. The second kappa shape index (κ2) is 7.70. The van der Waals surface area contributed by atoms with Gasteiger partial charge < -0.3 is 14.2 Å². The first kappa shape index (κ1) is 18.1. The van der Waals surface area contributed by atoms with E-state index in [2.05, 4.69) is 9.47 Å². The number of methoxy groups -OCH3 is 2. The van der Waals surface area contributed by atoms with Gasteiger partial charge in [0.2, 0.25) is 0 Å². The molecule has 0 amide bonds. The lowest BCUT2D eigenvalue weighted by atomic mass is 9.99. The molecule has 1 aliphatic carbocycles. The molecule has 0 atom stereocenters. The van der Waals surface area contributed by atoms with E-state index in [9.17, 15) is 14.4 Å². The van der Waals surface area contributed by atoms with E-state index < -0.39 is 17.9 Å². The number of rotatable bonds is 4. The molecule has 1 aliphatic rings. The lowest BCUT2D eigenvalue weighted by molar-refractivity contribution is 0.0593. The average molecular weight is 374 g/mol. The van der Waals surface area contributed by atoms with Crippen molar-refractivity contribution in [1.82, 2.24) is 0 Å². The summed E-state index contributed by atoms with van der Waals surface area (Å²) in [6, 6.07) is 5.93. The predicted octanol–water partition coefficient (Wildman–Crippen LogP) is 3.42. The van der Waals surface area contributed by atoms with Crippen LogP contribution in [-0.2, 0) is 22.3 Å². The molecule has 3 rings (SSSR count). The Kier molecular flexibility index (Phi) is 5.37. The third-order valence-corrected chi connectivity index (χ3v) is 5.37. The first-order valence-corrected chi connectivity index (χ1v) is 8.99. The molecule has 136 valence electrons. The van der Waals surface area contributed by atoms with Crippen LogP contribution in [0.15, 0.2) is 24.3 Å². The van der Waals surface area contributed by atoms with Crippen LogP contribution in [0.5, 0.6) is 5.75 Å². The topological polar surface area (TPSA) is 78.9 Å². The summed E-state index contributed by atoms with van der Waals surface area (Å²) in [7, 11) is 2.46. The van der Waals surface area contributed by atoms with E-state index in [0.717, 1.165) is 25.7 Å². The fourth-order valence-electron chi connectivity index (χ4n) is 2.88. The fraction of sp³-hybridized carbons (Fsp3) is 0.316. The number of esters is 3. The van der Waals surface area contributed by atoms with Gasteiger partial charge in [0.15, 0.2) is 0 Å². The van der Waals surface area contributed by atoms with Crippen molar-refractivity contribution < 1.29 is 28.6 Å². The molecular weight excluding hydrogens is 356 g/mol. The molecule has 1 aromatic heterocycles. The van der Waals surface area contributed by atoms with Crippen LogP contribution in [0.1, 0.15) is 53.7 Å². The van der Waals surface area contributed by atoms with Crippen molar-refractivity contribution in [3.8, 4) is 5.75 Å². The quantitative estimate of drug-likeness (QED) is 0.603. The van der Waals surface area contributed by atoms with Gasteiger partial charge in [-0.25, -0.2) is 14.4 Å². The lowest BCUT2D eigenvalue weighted by Gasteiger charge is -2.08. The van der Waals surface area contributed by atoms with Gasteiger partial charge in [-0.3, -0.25) is 0 Å². The summed E-state index contributed by atoms with van der Waals surface area (Å²) >= 11 is 1.43. The van der Waals surface area contributed by atoms with E-state index in [-0.39, 0.29) is 16.9 Å². The summed E-state index contributed by atoms with van der Waals surface area (Å²) in [5.74, 6) is -1.70. The van der Waals surface area contributed by atoms with E-state index in [1.807, 2.05) is 6.07 Å². The zero-order valence-corrected chi connectivity index (χ0v) is 15.3. The van der Waals surface area contributed by atoms with E-state index in [1.54, 1.807) is 0 Å². The van der Waals surface area contributed by atoms with Crippen LogP contribution in [0.25, 0.3) is 0 Å². The van der Waals surface area contributed by atoms with Crippen molar-refractivity contribution in [3.63, 3.8) is 0 Å². The molecule has 0 spiro atoms. The normalized spacial score (nSPS) is 12.8. The Bertz CT molecular complexity index is 809. The molecule has 0 saturated carbocycles. The van der Waals surface area contributed by atoms with Crippen LogP contribution in [0, 0.1) is 0 Å². The van der Waals surface area contributed by atoms with Crippen LogP contribution in [0.3, 0.4) is 0 Å². The number of aryl methyl sites for hydroxylation is 2. The van der Waals surface area contributed by atoms with E-state index in [0.29, 0.717) is 4.88 Å². The Hall–Kier alpha value is -2.67. The summed E-state index contributed by atoms with van der Waals surface area (Å²) in [6.45, 7) is 0. The SMILES string of the molecule is COC(=O)c1cc(OC(=O)c2cc3c(s2)CCCC3)cc(C(=O)OC)c1. The molecule has 0 radical (unpaired) electrons. The Balaban J connectivity index is 1.88. The van der Waals surface area contributed by atoms with Crippen molar-refractivity contribution in [2.45, 2.75) is 25.7 Å². The molecule has 1 heterocycles. The molecule has 0 aliphatic heterocycles. The highest BCUT2D eigenvalue weighted by Crippen LogP contribution is 2.30. The molecule has 0 fully saturated rings. The minimum atomic E-state index is -0.639. The van der Waals surface area contributed by atoms with Crippen molar-refractivity contribution >= 4 is 29.2 Å². The van der Waals surface area contributed by atoms with Crippen LogP contribution < -0.4 is 4.74 Å². The van der Waals surface area contributed by atoms with Crippen LogP contribution in [-0.4, -0.2) is 32.1 Å². The molecule has 2 aromatic rings. The molecule has 0 unspecified atom stereocenters. The summed E-state index contributed by atoms with van der Waals surface area (Å²) in [5.41, 5.74) is 1.40. The third kappa shape index (κ3) is 3.77. The second-order valence-electron chi connectivity index (χ2n) is 5.88.